The summed E-state index contributed by atoms with van der Waals surface area (Å²) in [5.41, 5.74) is 2.14. The molecule has 2 rings (SSSR count). The Kier molecular flexibility index (Phi) is 4.64. The van der Waals surface area contributed by atoms with Gasteiger partial charge in [-0.15, -0.1) is 0 Å². The third kappa shape index (κ3) is 3.80. The normalized spacial score (nSPS) is 29.2. The van der Waals surface area contributed by atoms with E-state index in [0.29, 0.717) is 12.6 Å². The Morgan fingerprint density at radius 3 is 2.58 bits per heavy atom. The van der Waals surface area contributed by atoms with Crippen LogP contribution in [0.4, 0.5) is 0 Å². The number of aryl methyl sites for hydroxylation is 1. The van der Waals surface area contributed by atoms with Gasteiger partial charge >= 0.3 is 0 Å². The third-order valence-corrected chi connectivity index (χ3v) is 4.60. The van der Waals surface area contributed by atoms with E-state index in [-0.39, 0.29) is 0 Å². The van der Waals surface area contributed by atoms with Crippen LogP contribution in [-0.2, 0) is 0 Å². The van der Waals surface area contributed by atoms with Crippen molar-refractivity contribution < 1.29 is 5.11 Å². The number of benzene rings is 1. The zero-order valence-corrected chi connectivity index (χ0v) is 12.4. The fourth-order valence-electron chi connectivity index (χ4n) is 3.00. The first kappa shape index (κ1) is 14.5. The molecule has 106 valence electrons. The van der Waals surface area contributed by atoms with E-state index in [9.17, 15) is 5.11 Å². The van der Waals surface area contributed by atoms with Crippen LogP contribution in [0.2, 0.25) is 0 Å². The Balaban J connectivity index is 1.90. The van der Waals surface area contributed by atoms with Gasteiger partial charge in [0.15, 0.2) is 0 Å². The van der Waals surface area contributed by atoms with Gasteiger partial charge in [0, 0.05) is 12.6 Å². The van der Waals surface area contributed by atoms with Crippen LogP contribution in [0.1, 0.15) is 56.7 Å². The van der Waals surface area contributed by atoms with Gasteiger partial charge < -0.3 is 10.4 Å². The van der Waals surface area contributed by atoms with Crippen LogP contribution in [0, 0.1) is 12.8 Å². The molecule has 0 heterocycles. The van der Waals surface area contributed by atoms with Crippen molar-refractivity contribution in [1.82, 2.24) is 5.32 Å². The first-order chi connectivity index (χ1) is 9.00. The second kappa shape index (κ2) is 6.06. The van der Waals surface area contributed by atoms with E-state index in [4.69, 9.17) is 0 Å². The molecule has 0 radical (unpaired) electrons. The monoisotopic (exact) mass is 261 g/mol. The highest BCUT2D eigenvalue weighted by Crippen LogP contribution is 2.31. The smallest absolute Gasteiger partial charge is 0.0772 e. The molecule has 0 aromatic heterocycles. The summed E-state index contributed by atoms with van der Waals surface area (Å²) in [5.74, 6) is 0.772. The molecule has 19 heavy (non-hydrogen) atoms. The van der Waals surface area contributed by atoms with Crippen LogP contribution < -0.4 is 5.32 Å². The lowest BCUT2D eigenvalue weighted by Gasteiger charge is -2.36. The molecule has 1 aliphatic rings. The second-order valence-electron chi connectivity index (χ2n) is 6.37. The molecule has 1 saturated carbocycles. The van der Waals surface area contributed by atoms with Crippen LogP contribution in [0.25, 0.3) is 0 Å². The van der Waals surface area contributed by atoms with Gasteiger partial charge in [-0.25, -0.2) is 0 Å². The van der Waals surface area contributed by atoms with Crippen LogP contribution in [0.15, 0.2) is 24.3 Å². The minimum Gasteiger partial charge on any atom is -0.389 e. The molecule has 1 aromatic carbocycles. The van der Waals surface area contributed by atoms with Crippen molar-refractivity contribution in [3.8, 4) is 0 Å². The lowest BCUT2D eigenvalue weighted by atomic mass is 9.79. The maximum atomic E-state index is 10.6. The molecule has 1 fully saturated rings. The molecule has 1 aliphatic carbocycles. The number of rotatable bonds is 4. The van der Waals surface area contributed by atoms with Crippen molar-refractivity contribution in [2.24, 2.45) is 5.92 Å². The van der Waals surface area contributed by atoms with E-state index >= 15 is 0 Å². The fourth-order valence-corrected chi connectivity index (χ4v) is 3.00. The SMILES string of the molecule is Cc1ccccc1C(C)NCC1(O)CCC(C)CC1. The zero-order valence-electron chi connectivity index (χ0n) is 12.4. The van der Waals surface area contributed by atoms with Gasteiger partial charge in [0.2, 0.25) is 0 Å². The summed E-state index contributed by atoms with van der Waals surface area (Å²) in [7, 11) is 0. The Hall–Kier alpha value is -0.860. The Morgan fingerprint density at radius 1 is 1.32 bits per heavy atom. The predicted octanol–water partition coefficient (Wildman–Crippen LogP) is 3.59. The third-order valence-electron chi connectivity index (χ3n) is 4.60. The van der Waals surface area contributed by atoms with Crippen molar-refractivity contribution in [1.29, 1.82) is 0 Å². The Labute approximate surface area is 117 Å². The molecule has 1 atom stereocenters. The number of nitrogens with one attached hydrogen (secondary N) is 1. The summed E-state index contributed by atoms with van der Waals surface area (Å²) >= 11 is 0. The Bertz CT molecular complexity index is 407. The van der Waals surface area contributed by atoms with E-state index < -0.39 is 5.60 Å². The molecular weight excluding hydrogens is 234 g/mol. The summed E-state index contributed by atoms with van der Waals surface area (Å²) in [6.45, 7) is 7.31. The van der Waals surface area contributed by atoms with Crippen LogP contribution >= 0.6 is 0 Å². The first-order valence-corrected chi connectivity index (χ1v) is 7.51. The number of hydrogen-bond donors (Lipinski definition) is 2. The largest absolute Gasteiger partial charge is 0.389 e. The molecule has 1 unspecified atom stereocenters. The lowest BCUT2D eigenvalue weighted by molar-refractivity contribution is -0.00785. The predicted molar refractivity (Wildman–Crippen MR) is 80.2 cm³/mol. The first-order valence-electron chi connectivity index (χ1n) is 7.51. The quantitative estimate of drug-likeness (QED) is 0.868. The fraction of sp³-hybridized carbons (Fsp3) is 0.647. The maximum absolute atomic E-state index is 10.6. The number of aliphatic hydroxyl groups is 1. The van der Waals surface area contributed by atoms with E-state index in [2.05, 4.69) is 50.4 Å². The summed E-state index contributed by atoms with van der Waals surface area (Å²) in [5, 5.41) is 14.1. The topological polar surface area (TPSA) is 32.3 Å². The number of hydrogen-bond acceptors (Lipinski definition) is 2. The van der Waals surface area contributed by atoms with Crippen molar-refractivity contribution in [2.45, 2.75) is 58.1 Å². The molecule has 0 saturated heterocycles. The molecule has 2 nitrogen and oxygen atoms in total. The van der Waals surface area contributed by atoms with E-state index in [1.807, 2.05) is 0 Å². The van der Waals surface area contributed by atoms with Gasteiger partial charge in [0.05, 0.1) is 5.60 Å². The standard InChI is InChI=1S/C17H27NO/c1-13-8-10-17(19,11-9-13)12-18-15(3)16-7-5-4-6-14(16)2/h4-7,13,15,18-19H,8-12H2,1-3H3. The highest BCUT2D eigenvalue weighted by Gasteiger charge is 2.31. The lowest BCUT2D eigenvalue weighted by Crippen LogP contribution is -2.44. The summed E-state index contributed by atoms with van der Waals surface area (Å²) < 4.78 is 0. The van der Waals surface area contributed by atoms with Gasteiger partial charge in [0.25, 0.3) is 0 Å². The molecule has 0 spiro atoms. The summed E-state index contributed by atoms with van der Waals surface area (Å²) in [6, 6.07) is 8.76. The summed E-state index contributed by atoms with van der Waals surface area (Å²) in [6.07, 6.45) is 4.16. The molecular formula is C17H27NO. The average Bonchev–Trinajstić information content (AvgIpc) is 2.41. The molecule has 1 aromatic rings. The van der Waals surface area contributed by atoms with Crippen LogP contribution in [-0.4, -0.2) is 17.3 Å². The second-order valence-corrected chi connectivity index (χ2v) is 6.37. The van der Waals surface area contributed by atoms with Crippen molar-refractivity contribution >= 4 is 0 Å². The zero-order chi connectivity index (χ0) is 13.9. The van der Waals surface area contributed by atoms with Gasteiger partial charge in [0.1, 0.15) is 0 Å². The van der Waals surface area contributed by atoms with Gasteiger partial charge in [-0.1, -0.05) is 31.2 Å². The van der Waals surface area contributed by atoms with Gasteiger partial charge in [-0.2, -0.15) is 0 Å². The Morgan fingerprint density at radius 2 is 1.95 bits per heavy atom. The van der Waals surface area contributed by atoms with Crippen molar-refractivity contribution in [3.63, 3.8) is 0 Å². The highest BCUT2D eigenvalue weighted by molar-refractivity contribution is 5.28. The molecule has 0 aliphatic heterocycles. The van der Waals surface area contributed by atoms with Crippen LogP contribution in [0.5, 0.6) is 0 Å². The summed E-state index contributed by atoms with van der Waals surface area (Å²) in [4.78, 5) is 0. The average molecular weight is 261 g/mol. The maximum Gasteiger partial charge on any atom is 0.0772 e. The molecule has 2 heteroatoms. The minimum absolute atomic E-state index is 0.296. The van der Waals surface area contributed by atoms with Gasteiger partial charge in [-0.3, -0.25) is 0 Å². The molecule has 0 bridgehead atoms. The van der Waals surface area contributed by atoms with Crippen molar-refractivity contribution in [2.75, 3.05) is 6.54 Å². The van der Waals surface area contributed by atoms with E-state index in [1.165, 1.54) is 11.1 Å². The minimum atomic E-state index is -0.497. The van der Waals surface area contributed by atoms with Gasteiger partial charge in [-0.05, 0) is 56.6 Å². The van der Waals surface area contributed by atoms with E-state index in [1.54, 1.807) is 0 Å². The molecule has 2 N–H and O–H groups in total. The highest BCUT2D eigenvalue weighted by atomic mass is 16.3. The van der Waals surface area contributed by atoms with Crippen LogP contribution in [0.3, 0.4) is 0 Å². The van der Waals surface area contributed by atoms with Crippen molar-refractivity contribution in [3.05, 3.63) is 35.4 Å². The molecule has 0 amide bonds. The van der Waals surface area contributed by atoms with E-state index in [0.717, 1.165) is 31.6 Å².